The van der Waals surface area contributed by atoms with Gasteiger partial charge in [-0.25, -0.2) is 0 Å². The highest BCUT2D eigenvalue weighted by Crippen LogP contribution is 2.50. The summed E-state index contributed by atoms with van der Waals surface area (Å²) in [7, 11) is 2.24. The van der Waals surface area contributed by atoms with Crippen LogP contribution in [0.1, 0.15) is 19.8 Å². The van der Waals surface area contributed by atoms with Crippen molar-refractivity contribution >= 4 is 0 Å². The largest absolute Gasteiger partial charge is 0.306 e. The van der Waals surface area contributed by atoms with E-state index in [1.807, 2.05) is 0 Å². The lowest BCUT2D eigenvalue weighted by Gasteiger charge is -2.40. The zero-order chi connectivity index (χ0) is 6.48. The molecule has 0 aromatic carbocycles. The minimum absolute atomic E-state index is 0.731. The second-order valence-electron chi connectivity index (χ2n) is 4.09. The van der Waals surface area contributed by atoms with Crippen LogP contribution >= 0.6 is 0 Å². The van der Waals surface area contributed by atoms with Gasteiger partial charge in [-0.1, -0.05) is 6.92 Å². The summed E-state index contributed by atoms with van der Waals surface area (Å²) < 4.78 is 0. The summed E-state index contributed by atoms with van der Waals surface area (Å²) in [5.41, 5.74) is 0.731. The van der Waals surface area contributed by atoms with Crippen LogP contribution in [0, 0.1) is 11.3 Å². The normalized spacial score (nSPS) is 50.7. The second kappa shape index (κ2) is 1.51. The van der Waals surface area contributed by atoms with Gasteiger partial charge in [0.05, 0.1) is 0 Å². The Hall–Kier alpha value is -0.0400. The average Bonchev–Trinajstić information content (AvgIpc) is 1.94. The van der Waals surface area contributed by atoms with E-state index < -0.39 is 0 Å². The van der Waals surface area contributed by atoms with E-state index >= 15 is 0 Å². The van der Waals surface area contributed by atoms with E-state index in [9.17, 15) is 0 Å². The molecule has 0 unspecified atom stereocenters. The van der Waals surface area contributed by atoms with Gasteiger partial charge in [0.15, 0.2) is 0 Å². The van der Waals surface area contributed by atoms with Crippen LogP contribution in [0.3, 0.4) is 0 Å². The summed E-state index contributed by atoms with van der Waals surface area (Å²) in [5.74, 6) is 1.04. The Kier molecular flexibility index (Phi) is 0.963. The number of likely N-dealkylation sites (tertiary alicyclic amines) is 1. The van der Waals surface area contributed by atoms with Gasteiger partial charge < -0.3 is 4.90 Å². The average molecular weight is 125 g/mol. The van der Waals surface area contributed by atoms with Crippen LogP contribution in [-0.4, -0.2) is 25.0 Å². The molecule has 2 atom stereocenters. The minimum Gasteiger partial charge on any atom is -0.306 e. The van der Waals surface area contributed by atoms with Crippen LogP contribution in [0.15, 0.2) is 0 Å². The van der Waals surface area contributed by atoms with Gasteiger partial charge in [0.1, 0.15) is 0 Å². The quantitative estimate of drug-likeness (QED) is 0.472. The van der Waals surface area contributed by atoms with E-state index in [1.165, 1.54) is 25.9 Å². The molecule has 0 bridgehead atoms. The van der Waals surface area contributed by atoms with E-state index in [1.54, 1.807) is 0 Å². The Labute approximate surface area is 57.0 Å². The van der Waals surface area contributed by atoms with Crippen LogP contribution in [0.4, 0.5) is 0 Å². The lowest BCUT2D eigenvalue weighted by Crippen LogP contribution is -2.35. The monoisotopic (exact) mass is 125 g/mol. The van der Waals surface area contributed by atoms with Crippen LogP contribution in [0.25, 0.3) is 0 Å². The number of fused-ring (bicyclic) bond motifs is 1. The smallest absolute Gasteiger partial charge is 0.00355 e. The Bertz CT molecular complexity index is 133. The van der Waals surface area contributed by atoms with Gasteiger partial charge in [-0.2, -0.15) is 0 Å². The predicted molar refractivity (Wildman–Crippen MR) is 38.3 cm³/mol. The van der Waals surface area contributed by atoms with E-state index in [0.717, 1.165) is 11.3 Å². The topological polar surface area (TPSA) is 3.24 Å². The van der Waals surface area contributed by atoms with Crippen molar-refractivity contribution < 1.29 is 0 Å². The molecule has 0 spiro atoms. The van der Waals surface area contributed by atoms with Gasteiger partial charge in [-0.15, -0.1) is 0 Å². The van der Waals surface area contributed by atoms with Crippen molar-refractivity contribution in [3.63, 3.8) is 0 Å². The third-order valence-corrected chi connectivity index (χ3v) is 3.21. The van der Waals surface area contributed by atoms with E-state index in [0.29, 0.717) is 0 Å². The number of hydrogen-bond acceptors (Lipinski definition) is 1. The first-order valence-electron chi connectivity index (χ1n) is 3.89. The molecule has 1 saturated heterocycles. The molecule has 52 valence electrons. The van der Waals surface area contributed by atoms with Crippen molar-refractivity contribution in [1.82, 2.24) is 4.90 Å². The molecular weight excluding hydrogens is 110 g/mol. The maximum atomic E-state index is 2.47. The van der Waals surface area contributed by atoms with E-state index in [-0.39, 0.29) is 0 Å². The first kappa shape index (κ1) is 5.72. The molecule has 0 aromatic heterocycles. The SMILES string of the molecule is CN1C[C@H]2CC[C@@]2(C)C1. The minimum atomic E-state index is 0.731. The summed E-state index contributed by atoms with van der Waals surface area (Å²) in [6.45, 7) is 5.14. The first-order chi connectivity index (χ1) is 4.21. The summed E-state index contributed by atoms with van der Waals surface area (Å²) in [6.07, 6.45) is 2.96. The molecule has 0 amide bonds. The molecule has 1 nitrogen and oxygen atoms in total. The predicted octanol–water partition coefficient (Wildman–Crippen LogP) is 1.35. The third kappa shape index (κ3) is 0.644. The van der Waals surface area contributed by atoms with Crippen LogP contribution in [0.5, 0.6) is 0 Å². The molecular formula is C8H15N. The number of nitrogens with zero attached hydrogens (tertiary/aromatic N) is 1. The van der Waals surface area contributed by atoms with Crippen molar-refractivity contribution in [2.45, 2.75) is 19.8 Å². The first-order valence-corrected chi connectivity index (χ1v) is 3.89. The summed E-state index contributed by atoms with van der Waals surface area (Å²) in [5, 5.41) is 0. The van der Waals surface area contributed by atoms with Crippen molar-refractivity contribution in [2.24, 2.45) is 11.3 Å². The standard InChI is InChI=1S/C8H15N/c1-8-4-3-7(8)5-9(2)6-8/h7H,3-6H2,1-2H3/t7-,8+/m1/s1. The van der Waals surface area contributed by atoms with Gasteiger partial charge in [-0.3, -0.25) is 0 Å². The molecule has 2 rings (SSSR count). The molecule has 0 radical (unpaired) electrons. The van der Waals surface area contributed by atoms with Gasteiger partial charge in [0, 0.05) is 13.1 Å². The van der Waals surface area contributed by atoms with Gasteiger partial charge in [0.2, 0.25) is 0 Å². The maximum Gasteiger partial charge on any atom is 0.00355 e. The molecule has 0 N–H and O–H groups in total. The maximum absolute atomic E-state index is 2.47. The van der Waals surface area contributed by atoms with Gasteiger partial charge in [0.25, 0.3) is 0 Å². The van der Waals surface area contributed by atoms with Crippen LogP contribution in [-0.2, 0) is 0 Å². The third-order valence-electron chi connectivity index (χ3n) is 3.21. The second-order valence-corrected chi connectivity index (χ2v) is 4.09. The summed E-state index contributed by atoms with van der Waals surface area (Å²) >= 11 is 0. The fourth-order valence-electron chi connectivity index (χ4n) is 2.42. The Balaban J connectivity index is 2.12. The molecule has 9 heavy (non-hydrogen) atoms. The lowest BCUT2D eigenvalue weighted by molar-refractivity contribution is 0.109. The van der Waals surface area contributed by atoms with Gasteiger partial charge in [-0.05, 0) is 31.2 Å². The van der Waals surface area contributed by atoms with Crippen molar-refractivity contribution in [3.05, 3.63) is 0 Å². The summed E-state index contributed by atoms with van der Waals surface area (Å²) in [6, 6.07) is 0. The molecule has 1 aliphatic heterocycles. The summed E-state index contributed by atoms with van der Waals surface area (Å²) in [4.78, 5) is 2.47. The fraction of sp³-hybridized carbons (Fsp3) is 1.00. The Morgan fingerprint density at radius 3 is 2.56 bits per heavy atom. The van der Waals surface area contributed by atoms with Crippen LogP contribution in [0.2, 0.25) is 0 Å². The highest BCUT2D eigenvalue weighted by molar-refractivity contribution is 4.99. The zero-order valence-electron chi connectivity index (χ0n) is 6.35. The molecule has 1 aliphatic carbocycles. The molecule has 2 fully saturated rings. The molecule has 0 aromatic rings. The van der Waals surface area contributed by atoms with E-state index in [2.05, 4.69) is 18.9 Å². The van der Waals surface area contributed by atoms with Gasteiger partial charge >= 0.3 is 0 Å². The molecule has 1 saturated carbocycles. The van der Waals surface area contributed by atoms with Crippen molar-refractivity contribution in [3.8, 4) is 0 Å². The molecule has 1 heterocycles. The zero-order valence-corrected chi connectivity index (χ0v) is 6.35. The Morgan fingerprint density at radius 1 is 1.56 bits per heavy atom. The molecule has 1 heteroatoms. The van der Waals surface area contributed by atoms with E-state index in [4.69, 9.17) is 0 Å². The van der Waals surface area contributed by atoms with Crippen molar-refractivity contribution in [2.75, 3.05) is 20.1 Å². The number of rotatable bonds is 0. The fourth-order valence-corrected chi connectivity index (χ4v) is 2.42. The lowest BCUT2D eigenvalue weighted by atomic mass is 9.64. The highest BCUT2D eigenvalue weighted by atomic mass is 15.1. The van der Waals surface area contributed by atoms with Crippen LogP contribution < -0.4 is 0 Å². The van der Waals surface area contributed by atoms with Crippen molar-refractivity contribution in [1.29, 1.82) is 0 Å². The Morgan fingerprint density at radius 2 is 2.33 bits per heavy atom. The number of hydrogen-bond donors (Lipinski definition) is 0. The highest BCUT2D eigenvalue weighted by Gasteiger charge is 2.47. The molecule has 2 aliphatic rings.